The molecule has 28 heavy (non-hydrogen) atoms. The molecular weight excluding hydrogens is 365 g/mol. The topological polar surface area (TPSA) is 93.3 Å². The zero-order valence-corrected chi connectivity index (χ0v) is 15.1. The van der Waals surface area contributed by atoms with Crippen molar-refractivity contribution in [2.45, 2.75) is 25.9 Å². The second-order valence-corrected chi connectivity index (χ2v) is 6.49. The number of hydrogen-bond acceptors (Lipinski definition) is 5. The van der Waals surface area contributed by atoms with Crippen molar-refractivity contribution in [2.75, 3.05) is 11.4 Å². The Hall–Kier alpha value is -3.49. The Kier molecular flexibility index (Phi) is 4.64. The first-order valence-corrected chi connectivity index (χ1v) is 8.90. The zero-order chi connectivity index (χ0) is 19.7. The Balaban J connectivity index is 1.43. The summed E-state index contributed by atoms with van der Waals surface area (Å²) in [4.78, 5) is 26.0. The van der Waals surface area contributed by atoms with E-state index < -0.39 is 17.8 Å². The molecule has 0 radical (unpaired) electrons. The highest BCUT2D eigenvalue weighted by Gasteiger charge is 2.33. The second-order valence-electron chi connectivity index (χ2n) is 6.49. The lowest BCUT2D eigenvalue weighted by molar-refractivity contribution is -0.117. The minimum absolute atomic E-state index is 0.0913. The lowest BCUT2D eigenvalue weighted by Gasteiger charge is -2.17. The van der Waals surface area contributed by atoms with Crippen molar-refractivity contribution in [3.63, 3.8) is 0 Å². The molecule has 8 nitrogen and oxygen atoms in total. The summed E-state index contributed by atoms with van der Waals surface area (Å²) in [6.45, 7) is 2.87. The van der Waals surface area contributed by atoms with Gasteiger partial charge in [-0.05, 0) is 19.1 Å². The van der Waals surface area contributed by atoms with E-state index in [2.05, 4.69) is 15.6 Å². The van der Waals surface area contributed by atoms with Crippen LogP contribution in [-0.2, 0) is 11.3 Å². The van der Waals surface area contributed by atoms with E-state index >= 15 is 0 Å². The minimum Gasteiger partial charge on any atom is -0.355 e. The van der Waals surface area contributed by atoms with E-state index in [9.17, 15) is 14.0 Å². The number of aromatic nitrogens is 3. The van der Waals surface area contributed by atoms with E-state index in [-0.39, 0.29) is 30.3 Å². The van der Waals surface area contributed by atoms with Gasteiger partial charge in [-0.15, -0.1) is 0 Å². The molecule has 0 saturated carbocycles. The van der Waals surface area contributed by atoms with Crippen LogP contribution in [0.5, 0.6) is 0 Å². The van der Waals surface area contributed by atoms with Gasteiger partial charge in [0.1, 0.15) is 5.82 Å². The Bertz CT molecular complexity index is 1030. The highest BCUT2D eigenvalue weighted by Crippen LogP contribution is 2.25. The summed E-state index contributed by atoms with van der Waals surface area (Å²) in [6.07, 6.45) is 3.52. The molecule has 3 aromatic rings. The molecule has 144 valence electrons. The van der Waals surface area contributed by atoms with Gasteiger partial charge in [0.25, 0.3) is 5.91 Å². The minimum atomic E-state index is -0.475. The monoisotopic (exact) mass is 383 g/mol. The highest BCUT2D eigenvalue weighted by atomic mass is 19.1. The number of carbonyl (C=O) groups excluding carboxylic acids is 2. The lowest BCUT2D eigenvalue weighted by Crippen LogP contribution is -2.37. The summed E-state index contributed by atoms with van der Waals surface area (Å²) in [5.41, 5.74) is 1.03. The summed E-state index contributed by atoms with van der Waals surface area (Å²) < 4.78 is 20.9. The normalized spacial score (nSPS) is 16.6. The third-order valence-electron chi connectivity index (χ3n) is 4.59. The van der Waals surface area contributed by atoms with Gasteiger partial charge in [0.2, 0.25) is 5.91 Å². The maximum absolute atomic E-state index is 14.0. The smallest absolute Gasteiger partial charge is 0.273 e. The summed E-state index contributed by atoms with van der Waals surface area (Å²) in [5, 5.41) is 10.7. The quantitative estimate of drug-likeness (QED) is 0.729. The van der Waals surface area contributed by atoms with Crippen LogP contribution in [0.25, 0.3) is 11.3 Å². The molecule has 0 aliphatic carbocycles. The van der Waals surface area contributed by atoms with E-state index in [0.717, 1.165) is 12.1 Å². The Morgan fingerprint density at radius 2 is 2.21 bits per heavy atom. The number of aryl methyl sites for hydroxylation is 1. The summed E-state index contributed by atoms with van der Waals surface area (Å²) in [5.74, 6) is -0.744. The second kappa shape index (κ2) is 7.26. The van der Waals surface area contributed by atoms with Crippen LogP contribution in [0.15, 0.2) is 47.2 Å². The summed E-state index contributed by atoms with van der Waals surface area (Å²) in [6, 6.07) is 7.14. The first-order valence-electron chi connectivity index (χ1n) is 8.90. The van der Waals surface area contributed by atoms with Crippen LogP contribution in [-0.4, -0.2) is 39.3 Å². The van der Waals surface area contributed by atoms with Crippen molar-refractivity contribution in [2.24, 2.45) is 0 Å². The van der Waals surface area contributed by atoms with E-state index in [1.165, 1.54) is 23.1 Å². The molecule has 9 heteroatoms. The van der Waals surface area contributed by atoms with Crippen LogP contribution >= 0.6 is 0 Å². The fraction of sp³-hybridized carbons (Fsp3) is 0.263. The molecule has 1 N–H and O–H groups in total. The molecule has 0 spiro atoms. The first kappa shape index (κ1) is 17.9. The Labute approximate surface area is 159 Å². The van der Waals surface area contributed by atoms with E-state index in [1.54, 1.807) is 29.2 Å². The highest BCUT2D eigenvalue weighted by molar-refractivity contribution is 5.98. The van der Waals surface area contributed by atoms with E-state index in [0.29, 0.717) is 5.76 Å². The number of hydrogen-bond donors (Lipinski definition) is 1. The van der Waals surface area contributed by atoms with Gasteiger partial charge in [0.05, 0.1) is 23.5 Å². The molecule has 1 aromatic carbocycles. The van der Waals surface area contributed by atoms with Gasteiger partial charge < -0.3 is 14.7 Å². The van der Waals surface area contributed by atoms with Crippen LogP contribution in [0.2, 0.25) is 0 Å². The van der Waals surface area contributed by atoms with Gasteiger partial charge in [-0.2, -0.15) is 5.10 Å². The van der Waals surface area contributed by atoms with Crippen LogP contribution < -0.4 is 10.2 Å². The van der Waals surface area contributed by atoms with Gasteiger partial charge in [0.15, 0.2) is 11.5 Å². The van der Waals surface area contributed by atoms with Crippen molar-refractivity contribution >= 4 is 17.5 Å². The molecule has 1 saturated heterocycles. The van der Waals surface area contributed by atoms with Gasteiger partial charge in [-0.3, -0.25) is 14.3 Å². The zero-order valence-electron chi connectivity index (χ0n) is 15.1. The molecule has 1 fully saturated rings. The number of para-hydroxylation sites is 1. The van der Waals surface area contributed by atoms with Gasteiger partial charge in [-0.1, -0.05) is 17.3 Å². The fourth-order valence-corrected chi connectivity index (χ4v) is 3.15. The summed E-state index contributed by atoms with van der Waals surface area (Å²) >= 11 is 0. The third kappa shape index (κ3) is 3.38. The van der Waals surface area contributed by atoms with Crippen molar-refractivity contribution in [1.82, 2.24) is 20.3 Å². The number of nitrogens with one attached hydrogen (secondary N) is 1. The molecule has 0 bridgehead atoms. The largest absolute Gasteiger partial charge is 0.355 e. The molecule has 1 aliphatic heterocycles. The van der Waals surface area contributed by atoms with Crippen molar-refractivity contribution in [3.05, 3.63) is 54.2 Å². The van der Waals surface area contributed by atoms with Crippen LogP contribution in [0.4, 0.5) is 10.1 Å². The molecule has 4 rings (SSSR count). The SMILES string of the molecule is CCn1cc(-c2cc(C(=O)N[C@@H]3CC(=O)N(c4ccccc4F)C3)no2)cn1. The Morgan fingerprint density at radius 3 is 2.96 bits per heavy atom. The molecule has 0 unspecified atom stereocenters. The van der Waals surface area contributed by atoms with Crippen LogP contribution in [0.1, 0.15) is 23.8 Å². The standard InChI is InChI=1S/C19H18FN5O3/c1-2-24-10-12(9-21-24)17-8-15(23-28-17)19(27)22-13-7-18(26)25(11-13)16-6-4-3-5-14(16)20/h3-6,8-10,13H,2,7,11H2,1H3,(H,22,27)/t13-/m1/s1. The average Bonchev–Trinajstić information content (AvgIpc) is 3.41. The van der Waals surface area contributed by atoms with Crippen molar-refractivity contribution < 1.29 is 18.5 Å². The molecule has 1 aliphatic rings. The Morgan fingerprint density at radius 1 is 1.39 bits per heavy atom. The summed E-state index contributed by atoms with van der Waals surface area (Å²) in [7, 11) is 0. The predicted molar refractivity (Wildman–Crippen MR) is 98.0 cm³/mol. The van der Waals surface area contributed by atoms with Crippen LogP contribution in [0.3, 0.4) is 0 Å². The van der Waals surface area contributed by atoms with Gasteiger partial charge >= 0.3 is 0 Å². The average molecular weight is 383 g/mol. The lowest BCUT2D eigenvalue weighted by atomic mass is 10.2. The molecular formula is C19H18FN5O3. The number of carbonyl (C=O) groups is 2. The van der Waals surface area contributed by atoms with Crippen molar-refractivity contribution in [3.8, 4) is 11.3 Å². The number of nitrogens with zero attached hydrogens (tertiary/aromatic N) is 4. The number of halogens is 1. The predicted octanol–water partition coefficient (Wildman–Crippen LogP) is 2.23. The number of benzene rings is 1. The number of anilines is 1. The third-order valence-corrected chi connectivity index (χ3v) is 4.59. The number of amides is 2. The van der Waals surface area contributed by atoms with Crippen LogP contribution in [0, 0.1) is 5.82 Å². The van der Waals surface area contributed by atoms with E-state index in [1.807, 2.05) is 6.92 Å². The maximum atomic E-state index is 14.0. The van der Waals surface area contributed by atoms with Crippen molar-refractivity contribution in [1.29, 1.82) is 0 Å². The fourth-order valence-electron chi connectivity index (χ4n) is 3.15. The van der Waals surface area contributed by atoms with E-state index in [4.69, 9.17) is 4.52 Å². The van der Waals surface area contributed by atoms with Gasteiger partial charge in [-0.25, -0.2) is 4.39 Å². The molecule has 3 heterocycles. The maximum Gasteiger partial charge on any atom is 0.273 e. The molecule has 2 aromatic heterocycles. The number of rotatable bonds is 5. The van der Waals surface area contributed by atoms with Gasteiger partial charge in [0, 0.05) is 31.8 Å². The molecule has 2 amide bonds. The first-order chi connectivity index (χ1) is 13.5. The molecule has 1 atom stereocenters.